The van der Waals surface area contributed by atoms with Gasteiger partial charge in [-0.25, -0.2) is 4.79 Å². The van der Waals surface area contributed by atoms with E-state index in [0.29, 0.717) is 31.0 Å². The van der Waals surface area contributed by atoms with Gasteiger partial charge >= 0.3 is 5.97 Å². The summed E-state index contributed by atoms with van der Waals surface area (Å²) >= 11 is 1.61. The Morgan fingerprint density at radius 3 is 2.55 bits per heavy atom. The lowest BCUT2D eigenvalue weighted by Crippen LogP contribution is -2.47. The number of fused-ring (bicyclic) bond motifs is 1. The molecule has 4 nitrogen and oxygen atoms in total. The van der Waals surface area contributed by atoms with Crippen molar-refractivity contribution in [2.45, 2.75) is 62.9 Å². The number of thioether (sulfide) groups is 1. The molecular formula is C25H35O4PS. The first kappa shape index (κ1) is 24.4. The van der Waals surface area contributed by atoms with Crippen molar-refractivity contribution in [2.24, 2.45) is 5.92 Å². The molecule has 2 atom stereocenters. The van der Waals surface area contributed by atoms with Gasteiger partial charge in [0.2, 0.25) is 0 Å². The molecule has 1 fully saturated rings. The van der Waals surface area contributed by atoms with Gasteiger partial charge in [0, 0.05) is 23.2 Å². The van der Waals surface area contributed by atoms with Gasteiger partial charge in [-0.15, -0.1) is 11.8 Å². The van der Waals surface area contributed by atoms with E-state index in [2.05, 4.69) is 24.3 Å². The van der Waals surface area contributed by atoms with Crippen LogP contribution in [0.4, 0.5) is 0 Å². The standard InChI is InChI=1S/C25H35O4PS/c1-3-28-24(26)25(29-4-2,17-20-11-6-5-7-12-20)18-30(27)19-31-23-16-10-14-21-13-8-9-15-22(21)23/h8-10,13-16,20,30H,3-7,11-12,17-19H2,1-2H3. The second-order valence-electron chi connectivity index (χ2n) is 8.34. The van der Waals surface area contributed by atoms with Crippen LogP contribution in [0.1, 0.15) is 52.4 Å². The van der Waals surface area contributed by atoms with Gasteiger partial charge in [-0.3, -0.25) is 0 Å². The predicted molar refractivity (Wildman–Crippen MR) is 131 cm³/mol. The Labute approximate surface area is 191 Å². The molecule has 0 bridgehead atoms. The maximum atomic E-state index is 13.3. The monoisotopic (exact) mass is 462 g/mol. The van der Waals surface area contributed by atoms with Crippen LogP contribution < -0.4 is 0 Å². The summed E-state index contributed by atoms with van der Waals surface area (Å²) in [6, 6.07) is 14.4. The molecule has 2 aromatic rings. The van der Waals surface area contributed by atoms with Gasteiger partial charge in [0.1, 0.15) is 0 Å². The highest BCUT2D eigenvalue weighted by Crippen LogP contribution is 2.42. The van der Waals surface area contributed by atoms with Crippen LogP contribution in [0.15, 0.2) is 47.4 Å². The fourth-order valence-electron chi connectivity index (χ4n) is 4.64. The summed E-state index contributed by atoms with van der Waals surface area (Å²) in [6.45, 7) is 4.44. The summed E-state index contributed by atoms with van der Waals surface area (Å²) in [4.78, 5) is 14.2. The number of hydrogen-bond acceptors (Lipinski definition) is 5. The molecule has 0 spiro atoms. The summed E-state index contributed by atoms with van der Waals surface area (Å²) in [7, 11) is -2.06. The van der Waals surface area contributed by atoms with Crippen LogP contribution in [-0.2, 0) is 18.8 Å². The zero-order chi connectivity index (χ0) is 22.1. The van der Waals surface area contributed by atoms with Crippen molar-refractivity contribution in [3.8, 4) is 0 Å². The second kappa shape index (κ2) is 12.1. The number of benzene rings is 2. The third-order valence-electron chi connectivity index (χ3n) is 6.03. The number of rotatable bonds is 11. The zero-order valence-electron chi connectivity index (χ0n) is 18.7. The maximum Gasteiger partial charge on any atom is 0.338 e. The lowest BCUT2D eigenvalue weighted by atomic mass is 9.81. The van der Waals surface area contributed by atoms with Crippen molar-refractivity contribution in [3.05, 3.63) is 42.5 Å². The highest BCUT2D eigenvalue weighted by Gasteiger charge is 2.44. The molecule has 0 aromatic heterocycles. The number of carbonyl (C=O) groups excluding carboxylic acids is 1. The highest BCUT2D eigenvalue weighted by molar-refractivity contribution is 8.04. The summed E-state index contributed by atoms with van der Waals surface area (Å²) in [6.07, 6.45) is 6.76. The van der Waals surface area contributed by atoms with Crippen LogP contribution in [0.5, 0.6) is 0 Å². The van der Waals surface area contributed by atoms with E-state index in [1.165, 1.54) is 30.0 Å². The van der Waals surface area contributed by atoms with Crippen LogP contribution in [-0.4, -0.2) is 36.4 Å². The van der Waals surface area contributed by atoms with Gasteiger partial charge < -0.3 is 14.0 Å². The van der Waals surface area contributed by atoms with E-state index in [9.17, 15) is 9.36 Å². The molecular weight excluding hydrogens is 427 g/mol. The summed E-state index contributed by atoms with van der Waals surface area (Å²) in [5.41, 5.74) is -0.584. The summed E-state index contributed by atoms with van der Waals surface area (Å²) in [5.74, 6) is 0.0983. The Bertz CT molecular complexity index is 875. The normalized spacial score (nSPS) is 17.9. The molecule has 31 heavy (non-hydrogen) atoms. The molecule has 2 aromatic carbocycles. The summed E-state index contributed by atoms with van der Waals surface area (Å²) in [5, 5.41) is 2.35. The molecule has 1 aliphatic carbocycles. The van der Waals surface area contributed by atoms with Gasteiger partial charge in [0.05, 0.1) is 14.4 Å². The van der Waals surface area contributed by atoms with E-state index >= 15 is 0 Å². The van der Waals surface area contributed by atoms with E-state index in [0.717, 1.165) is 17.7 Å². The van der Waals surface area contributed by atoms with Crippen LogP contribution >= 0.6 is 19.6 Å². The van der Waals surface area contributed by atoms with Crippen molar-refractivity contribution < 1.29 is 18.8 Å². The Morgan fingerprint density at radius 2 is 1.81 bits per heavy atom. The molecule has 2 unspecified atom stereocenters. The molecule has 0 heterocycles. The van der Waals surface area contributed by atoms with Gasteiger partial charge in [-0.05, 0) is 43.0 Å². The molecule has 170 valence electrons. The maximum absolute atomic E-state index is 13.3. The third kappa shape index (κ3) is 6.60. The Balaban J connectivity index is 1.73. The van der Waals surface area contributed by atoms with Crippen LogP contribution in [0.2, 0.25) is 0 Å². The largest absolute Gasteiger partial charge is 0.464 e. The fourth-order valence-corrected chi connectivity index (χ4v) is 7.86. The Hall–Kier alpha value is -1.29. The quantitative estimate of drug-likeness (QED) is 0.210. The first-order chi connectivity index (χ1) is 15.1. The minimum atomic E-state index is -2.06. The fraction of sp³-hybridized carbons (Fsp3) is 0.560. The van der Waals surface area contributed by atoms with Gasteiger partial charge in [0.15, 0.2) is 5.60 Å². The van der Waals surface area contributed by atoms with Crippen molar-refractivity contribution in [3.63, 3.8) is 0 Å². The SMILES string of the molecule is CCOC(=O)C(CC1CCCCC1)(C[PH](=O)CSc1cccc2ccccc12)OCC. The average molecular weight is 463 g/mol. The van der Waals surface area contributed by atoms with E-state index in [1.54, 1.807) is 11.8 Å². The molecule has 0 amide bonds. The van der Waals surface area contributed by atoms with Gasteiger partial charge in [0.25, 0.3) is 0 Å². The highest BCUT2D eigenvalue weighted by atomic mass is 32.2. The van der Waals surface area contributed by atoms with E-state index in [-0.39, 0.29) is 12.1 Å². The molecule has 0 saturated heterocycles. The van der Waals surface area contributed by atoms with Gasteiger partial charge in [-0.1, -0.05) is 68.5 Å². The number of hydrogen-bond donors (Lipinski definition) is 0. The van der Waals surface area contributed by atoms with E-state index in [4.69, 9.17) is 9.47 Å². The van der Waals surface area contributed by atoms with E-state index in [1.807, 2.05) is 32.0 Å². The molecule has 0 N–H and O–H groups in total. The second-order valence-corrected chi connectivity index (χ2v) is 11.7. The van der Waals surface area contributed by atoms with Gasteiger partial charge in [-0.2, -0.15) is 0 Å². The lowest BCUT2D eigenvalue weighted by molar-refractivity contribution is -0.171. The zero-order valence-corrected chi connectivity index (χ0v) is 20.5. The molecule has 0 radical (unpaired) electrons. The smallest absolute Gasteiger partial charge is 0.338 e. The number of esters is 1. The Kier molecular flexibility index (Phi) is 9.49. The van der Waals surface area contributed by atoms with Crippen LogP contribution in [0.3, 0.4) is 0 Å². The van der Waals surface area contributed by atoms with Crippen LogP contribution in [0.25, 0.3) is 10.8 Å². The average Bonchev–Trinajstić information content (AvgIpc) is 2.78. The topological polar surface area (TPSA) is 52.6 Å². The minimum Gasteiger partial charge on any atom is -0.464 e. The molecule has 1 aliphatic rings. The predicted octanol–water partition coefficient (Wildman–Crippen LogP) is 6.76. The molecule has 3 rings (SSSR count). The molecule has 6 heteroatoms. The first-order valence-electron chi connectivity index (χ1n) is 11.5. The van der Waals surface area contributed by atoms with E-state index < -0.39 is 13.4 Å². The third-order valence-corrected chi connectivity index (χ3v) is 9.53. The van der Waals surface area contributed by atoms with Crippen molar-refractivity contribution in [2.75, 3.05) is 24.9 Å². The lowest BCUT2D eigenvalue weighted by Gasteiger charge is -2.35. The summed E-state index contributed by atoms with van der Waals surface area (Å²) < 4.78 is 24.8. The first-order valence-corrected chi connectivity index (χ1v) is 14.3. The van der Waals surface area contributed by atoms with Crippen molar-refractivity contribution >= 4 is 36.3 Å². The molecule has 1 saturated carbocycles. The van der Waals surface area contributed by atoms with Crippen molar-refractivity contribution in [1.82, 2.24) is 0 Å². The number of ether oxygens (including phenoxy) is 2. The van der Waals surface area contributed by atoms with Crippen LogP contribution in [0, 0.1) is 5.92 Å². The Morgan fingerprint density at radius 1 is 1.06 bits per heavy atom. The van der Waals surface area contributed by atoms with Crippen molar-refractivity contribution in [1.29, 1.82) is 0 Å². The number of carbonyl (C=O) groups is 1. The minimum absolute atomic E-state index is 0.263. The molecule has 0 aliphatic heterocycles.